The van der Waals surface area contributed by atoms with E-state index in [0.29, 0.717) is 30.9 Å². The van der Waals surface area contributed by atoms with Crippen molar-refractivity contribution in [2.24, 2.45) is 23.7 Å². The van der Waals surface area contributed by atoms with Crippen molar-refractivity contribution in [2.45, 2.75) is 13.3 Å². The number of fused-ring (bicyclic) bond motifs is 2. The van der Waals surface area contributed by atoms with Crippen molar-refractivity contribution in [1.82, 2.24) is 4.90 Å². The second kappa shape index (κ2) is 3.34. The van der Waals surface area contributed by atoms with Crippen LogP contribution < -0.4 is 0 Å². The lowest BCUT2D eigenvalue weighted by Crippen LogP contribution is -2.40. The predicted octanol–water partition coefficient (Wildman–Crippen LogP) is 1.42. The van der Waals surface area contributed by atoms with Crippen LogP contribution in [-0.2, 0) is 9.53 Å². The van der Waals surface area contributed by atoms with Gasteiger partial charge in [0.05, 0.1) is 6.54 Å². The summed E-state index contributed by atoms with van der Waals surface area (Å²) in [6.07, 6.45) is 4.94. The average molecular weight is 221 g/mol. The smallest absolute Gasteiger partial charge is 0.416 e. The summed E-state index contributed by atoms with van der Waals surface area (Å²) in [4.78, 5) is 24.9. The summed E-state index contributed by atoms with van der Waals surface area (Å²) in [7, 11) is 0. The number of ether oxygens (including phenoxy) is 1. The van der Waals surface area contributed by atoms with Crippen LogP contribution in [0.15, 0.2) is 12.2 Å². The first-order valence-electron chi connectivity index (χ1n) is 5.85. The zero-order chi connectivity index (χ0) is 11.3. The summed E-state index contributed by atoms with van der Waals surface area (Å²) in [5, 5.41) is 0. The Kier molecular flexibility index (Phi) is 2.06. The minimum Gasteiger partial charge on any atom is -0.447 e. The molecule has 0 N–H and O–H groups in total. The van der Waals surface area contributed by atoms with Gasteiger partial charge in [0.1, 0.15) is 6.61 Å². The van der Waals surface area contributed by atoms with E-state index in [4.69, 9.17) is 4.74 Å². The molecule has 0 spiro atoms. The lowest BCUT2D eigenvalue weighted by Gasteiger charge is -2.26. The van der Waals surface area contributed by atoms with E-state index in [2.05, 4.69) is 19.1 Å². The number of carbonyl (C=O) groups excluding carboxylic acids is 2. The Morgan fingerprint density at radius 3 is 2.75 bits per heavy atom. The summed E-state index contributed by atoms with van der Waals surface area (Å²) >= 11 is 0. The predicted molar refractivity (Wildman–Crippen MR) is 56.5 cm³/mol. The topological polar surface area (TPSA) is 46.6 Å². The van der Waals surface area contributed by atoms with E-state index in [-0.39, 0.29) is 11.8 Å². The summed E-state index contributed by atoms with van der Waals surface area (Å²) in [5.41, 5.74) is 0. The van der Waals surface area contributed by atoms with E-state index < -0.39 is 6.09 Å². The summed E-state index contributed by atoms with van der Waals surface area (Å²) < 4.78 is 4.81. The largest absolute Gasteiger partial charge is 0.447 e. The Hall–Kier alpha value is -1.32. The van der Waals surface area contributed by atoms with E-state index in [0.717, 1.165) is 6.42 Å². The number of rotatable bonds is 1. The molecular weight excluding hydrogens is 206 g/mol. The number of hydrogen-bond acceptors (Lipinski definition) is 3. The third kappa shape index (κ3) is 1.22. The van der Waals surface area contributed by atoms with Gasteiger partial charge in [0.15, 0.2) is 0 Å². The lowest BCUT2D eigenvalue weighted by molar-refractivity contribution is -0.134. The zero-order valence-corrected chi connectivity index (χ0v) is 9.26. The molecule has 1 heterocycles. The molecule has 0 aromatic carbocycles. The van der Waals surface area contributed by atoms with Crippen molar-refractivity contribution in [1.29, 1.82) is 0 Å². The molecule has 86 valence electrons. The zero-order valence-electron chi connectivity index (χ0n) is 9.26. The van der Waals surface area contributed by atoms with Gasteiger partial charge in [0.2, 0.25) is 5.91 Å². The minimum absolute atomic E-state index is 0.0133. The van der Waals surface area contributed by atoms with Crippen LogP contribution in [0.4, 0.5) is 4.79 Å². The van der Waals surface area contributed by atoms with Gasteiger partial charge >= 0.3 is 6.09 Å². The molecule has 0 unspecified atom stereocenters. The Labute approximate surface area is 94.2 Å². The number of cyclic esters (lactones) is 1. The third-order valence-electron chi connectivity index (χ3n) is 4.16. The highest BCUT2D eigenvalue weighted by molar-refractivity contribution is 5.94. The molecule has 4 nitrogen and oxygen atoms in total. The van der Waals surface area contributed by atoms with Crippen LogP contribution in [-0.4, -0.2) is 30.1 Å². The fourth-order valence-corrected chi connectivity index (χ4v) is 3.25. The second-order valence-corrected chi connectivity index (χ2v) is 4.94. The normalized spacial score (nSPS) is 40.6. The molecular formula is C12H15NO3. The van der Waals surface area contributed by atoms with Gasteiger partial charge in [0.25, 0.3) is 0 Å². The molecule has 0 radical (unpaired) electrons. The molecule has 2 bridgehead atoms. The molecule has 16 heavy (non-hydrogen) atoms. The van der Waals surface area contributed by atoms with Crippen molar-refractivity contribution in [3.8, 4) is 0 Å². The molecule has 0 aromatic heterocycles. The van der Waals surface area contributed by atoms with Gasteiger partial charge < -0.3 is 4.74 Å². The van der Waals surface area contributed by atoms with Gasteiger partial charge in [-0.3, -0.25) is 4.79 Å². The van der Waals surface area contributed by atoms with Crippen LogP contribution in [0.25, 0.3) is 0 Å². The molecule has 1 saturated heterocycles. The van der Waals surface area contributed by atoms with Crippen molar-refractivity contribution in [3.05, 3.63) is 12.2 Å². The molecule has 0 aromatic rings. The Balaban J connectivity index is 1.81. The quantitative estimate of drug-likeness (QED) is 0.629. The van der Waals surface area contributed by atoms with Crippen LogP contribution in [0.1, 0.15) is 13.3 Å². The monoisotopic (exact) mass is 221 g/mol. The summed E-state index contributed by atoms with van der Waals surface area (Å²) in [6, 6.07) is 0. The fourth-order valence-electron chi connectivity index (χ4n) is 3.25. The first-order valence-corrected chi connectivity index (χ1v) is 5.85. The fraction of sp³-hybridized carbons (Fsp3) is 0.667. The van der Waals surface area contributed by atoms with Crippen molar-refractivity contribution in [3.63, 3.8) is 0 Å². The molecule has 2 fully saturated rings. The molecule has 1 aliphatic heterocycles. The lowest BCUT2D eigenvalue weighted by atomic mass is 9.83. The van der Waals surface area contributed by atoms with Crippen molar-refractivity contribution < 1.29 is 14.3 Å². The second-order valence-electron chi connectivity index (χ2n) is 4.94. The molecule has 3 aliphatic rings. The first-order chi connectivity index (χ1) is 7.68. The molecule has 3 rings (SSSR count). The van der Waals surface area contributed by atoms with Crippen molar-refractivity contribution >= 4 is 12.0 Å². The summed E-state index contributed by atoms with van der Waals surface area (Å²) in [6.45, 7) is 2.87. The van der Waals surface area contributed by atoms with Crippen LogP contribution in [0.5, 0.6) is 0 Å². The van der Waals surface area contributed by atoms with Crippen molar-refractivity contribution in [2.75, 3.05) is 13.2 Å². The van der Waals surface area contributed by atoms with Gasteiger partial charge in [-0.15, -0.1) is 0 Å². The van der Waals surface area contributed by atoms with Crippen LogP contribution in [0.3, 0.4) is 0 Å². The highest BCUT2D eigenvalue weighted by Gasteiger charge is 2.48. The van der Waals surface area contributed by atoms with Gasteiger partial charge in [-0.25, -0.2) is 9.69 Å². The van der Waals surface area contributed by atoms with Crippen LogP contribution >= 0.6 is 0 Å². The van der Waals surface area contributed by atoms with Gasteiger partial charge in [-0.1, -0.05) is 19.1 Å². The Morgan fingerprint density at radius 2 is 2.19 bits per heavy atom. The molecule has 4 atom stereocenters. The Morgan fingerprint density at radius 1 is 1.44 bits per heavy atom. The van der Waals surface area contributed by atoms with Gasteiger partial charge in [-0.05, 0) is 24.2 Å². The van der Waals surface area contributed by atoms with E-state index in [1.807, 2.05) is 0 Å². The number of imide groups is 1. The molecule has 1 saturated carbocycles. The molecule has 4 heteroatoms. The van der Waals surface area contributed by atoms with E-state index >= 15 is 0 Å². The SMILES string of the molecule is C[C@H]1[C@H](C(=O)N2CCOC2=O)[C@@H]2C=C[C@H]1C2. The third-order valence-corrected chi connectivity index (χ3v) is 4.16. The maximum Gasteiger partial charge on any atom is 0.416 e. The van der Waals surface area contributed by atoms with Gasteiger partial charge in [-0.2, -0.15) is 0 Å². The molecule has 2 amide bonds. The standard InChI is InChI=1S/C12H15NO3/c1-7-8-2-3-9(6-8)10(7)11(14)13-4-5-16-12(13)15/h2-3,7-10H,4-6H2,1H3/t7-,8+,9-,10+/m1/s1. The minimum atomic E-state index is -0.469. The van der Waals surface area contributed by atoms with E-state index in [1.165, 1.54) is 4.90 Å². The van der Waals surface area contributed by atoms with Gasteiger partial charge in [0, 0.05) is 5.92 Å². The molecule has 2 aliphatic carbocycles. The average Bonchev–Trinajstić information content (AvgIpc) is 2.92. The first kappa shape index (κ1) is 9.87. The number of amides is 2. The highest BCUT2D eigenvalue weighted by atomic mass is 16.6. The maximum atomic E-state index is 12.2. The van der Waals surface area contributed by atoms with Crippen LogP contribution in [0.2, 0.25) is 0 Å². The summed E-state index contributed by atoms with van der Waals surface area (Å²) in [5.74, 6) is 1.17. The Bertz CT molecular complexity index is 376. The number of allylic oxidation sites excluding steroid dienone is 2. The number of hydrogen-bond donors (Lipinski definition) is 0. The number of carbonyl (C=O) groups is 2. The van der Waals surface area contributed by atoms with E-state index in [9.17, 15) is 9.59 Å². The highest BCUT2D eigenvalue weighted by Crippen LogP contribution is 2.48. The maximum absolute atomic E-state index is 12.2. The van der Waals surface area contributed by atoms with Crippen LogP contribution in [0, 0.1) is 23.7 Å². The van der Waals surface area contributed by atoms with E-state index in [1.54, 1.807) is 0 Å². The number of nitrogens with zero attached hydrogens (tertiary/aromatic N) is 1.